The number of ether oxygens (including phenoxy) is 1. The largest absolute Gasteiger partial charge is 0.383 e. The molecule has 4 heteroatoms. The van der Waals surface area contributed by atoms with Crippen molar-refractivity contribution in [1.29, 1.82) is 0 Å². The molecule has 3 N–H and O–H groups in total. The van der Waals surface area contributed by atoms with Gasteiger partial charge in [0.25, 0.3) is 0 Å². The maximum absolute atomic E-state index is 11.7. The molecule has 0 radical (unpaired) electrons. The molecule has 0 aromatic heterocycles. The Labute approximate surface area is 85.2 Å². The number of hydrogen-bond donors (Lipinski definition) is 2. The van der Waals surface area contributed by atoms with E-state index in [1.807, 2.05) is 6.92 Å². The lowest BCUT2D eigenvalue weighted by Gasteiger charge is -2.37. The van der Waals surface area contributed by atoms with Crippen LogP contribution in [-0.2, 0) is 9.53 Å². The van der Waals surface area contributed by atoms with Crippen LogP contribution in [-0.4, -0.2) is 31.2 Å². The molecule has 1 aliphatic carbocycles. The number of nitrogens with one attached hydrogen (secondary N) is 1. The van der Waals surface area contributed by atoms with Gasteiger partial charge in [-0.25, -0.2) is 0 Å². The molecule has 0 aromatic carbocycles. The minimum atomic E-state index is -0.596. The van der Waals surface area contributed by atoms with Crippen molar-refractivity contribution in [2.24, 2.45) is 5.73 Å². The van der Waals surface area contributed by atoms with E-state index in [2.05, 4.69) is 5.32 Å². The van der Waals surface area contributed by atoms with E-state index in [1.54, 1.807) is 7.11 Å². The van der Waals surface area contributed by atoms with Gasteiger partial charge >= 0.3 is 0 Å². The van der Waals surface area contributed by atoms with Crippen LogP contribution < -0.4 is 11.1 Å². The second kappa shape index (κ2) is 4.75. The fourth-order valence-electron chi connectivity index (χ4n) is 1.58. The van der Waals surface area contributed by atoms with Crippen LogP contribution in [0.5, 0.6) is 0 Å². The Morgan fingerprint density at radius 1 is 1.64 bits per heavy atom. The van der Waals surface area contributed by atoms with Crippen LogP contribution in [0.3, 0.4) is 0 Å². The number of rotatable bonds is 5. The lowest BCUT2D eigenvalue weighted by atomic mass is 9.77. The molecule has 1 saturated carbocycles. The predicted molar refractivity (Wildman–Crippen MR) is 54.9 cm³/mol. The Kier molecular flexibility index (Phi) is 3.89. The van der Waals surface area contributed by atoms with Gasteiger partial charge in [0, 0.05) is 7.11 Å². The van der Waals surface area contributed by atoms with Crippen molar-refractivity contribution < 1.29 is 9.53 Å². The SMILES string of the molecule is CCC(COC)NC(=O)C1(N)CCC1. The maximum Gasteiger partial charge on any atom is 0.240 e. The topological polar surface area (TPSA) is 64.3 Å². The Balaban J connectivity index is 2.37. The average Bonchev–Trinajstić information content (AvgIpc) is 2.13. The quantitative estimate of drug-likeness (QED) is 0.675. The fraction of sp³-hybridized carbons (Fsp3) is 0.900. The third-order valence-electron chi connectivity index (χ3n) is 2.89. The van der Waals surface area contributed by atoms with E-state index in [9.17, 15) is 4.79 Å². The van der Waals surface area contributed by atoms with E-state index in [-0.39, 0.29) is 11.9 Å². The first-order chi connectivity index (χ1) is 6.62. The number of carbonyl (C=O) groups excluding carboxylic acids is 1. The summed E-state index contributed by atoms with van der Waals surface area (Å²) in [4.78, 5) is 11.7. The van der Waals surface area contributed by atoms with Crippen LogP contribution in [0.15, 0.2) is 0 Å². The van der Waals surface area contributed by atoms with E-state index < -0.39 is 5.54 Å². The molecule has 0 aromatic rings. The van der Waals surface area contributed by atoms with Crippen LogP contribution >= 0.6 is 0 Å². The van der Waals surface area contributed by atoms with Crippen LogP contribution in [0, 0.1) is 0 Å². The molecule has 0 saturated heterocycles. The van der Waals surface area contributed by atoms with E-state index in [0.29, 0.717) is 6.61 Å². The molecule has 0 spiro atoms. The van der Waals surface area contributed by atoms with Gasteiger partial charge in [-0.05, 0) is 25.7 Å². The van der Waals surface area contributed by atoms with Gasteiger partial charge in [0.15, 0.2) is 0 Å². The zero-order valence-electron chi connectivity index (χ0n) is 9.01. The molecule has 1 aliphatic rings. The molecule has 4 nitrogen and oxygen atoms in total. The van der Waals surface area contributed by atoms with Gasteiger partial charge in [0.05, 0.1) is 18.2 Å². The van der Waals surface area contributed by atoms with Crippen LogP contribution in [0.1, 0.15) is 32.6 Å². The zero-order chi connectivity index (χ0) is 10.6. The highest BCUT2D eigenvalue weighted by atomic mass is 16.5. The lowest BCUT2D eigenvalue weighted by molar-refractivity contribution is -0.130. The molecule has 1 rings (SSSR count). The van der Waals surface area contributed by atoms with Gasteiger partial charge < -0.3 is 15.8 Å². The van der Waals surface area contributed by atoms with Gasteiger partial charge in [-0.15, -0.1) is 0 Å². The summed E-state index contributed by atoms with van der Waals surface area (Å²) < 4.78 is 5.00. The molecule has 0 bridgehead atoms. The summed E-state index contributed by atoms with van der Waals surface area (Å²) in [6, 6.07) is 0.0912. The maximum atomic E-state index is 11.7. The van der Waals surface area contributed by atoms with Crippen LogP contribution in [0.4, 0.5) is 0 Å². The molecule has 0 aliphatic heterocycles. The summed E-state index contributed by atoms with van der Waals surface area (Å²) >= 11 is 0. The smallest absolute Gasteiger partial charge is 0.240 e. The summed E-state index contributed by atoms with van der Waals surface area (Å²) in [5, 5.41) is 2.92. The normalized spacial score (nSPS) is 21.1. The van der Waals surface area contributed by atoms with Gasteiger partial charge in [-0.2, -0.15) is 0 Å². The van der Waals surface area contributed by atoms with Crippen LogP contribution in [0.25, 0.3) is 0 Å². The zero-order valence-corrected chi connectivity index (χ0v) is 9.01. The summed E-state index contributed by atoms with van der Waals surface area (Å²) in [6.07, 6.45) is 3.55. The number of amides is 1. The van der Waals surface area contributed by atoms with Gasteiger partial charge in [0.1, 0.15) is 0 Å². The minimum absolute atomic E-state index is 0.0207. The molecule has 1 fully saturated rings. The van der Waals surface area contributed by atoms with Crippen molar-refractivity contribution in [1.82, 2.24) is 5.32 Å². The number of hydrogen-bond acceptors (Lipinski definition) is 3. The summed E-state index contributed by atoms with van der Waals surface area (Å²) in [6.45, 7) is 2.58. The van der Waals surface area contributed by atoms with E-state index >= 15 is 0 Å². The standard InChI is InChI=1S/C10H20N2O2/c1-3-8(7-14-2)12-9(13)10(11)5-4-6-10/h8H,3-7,11H2,1-2H3,(H,12,13). The van der Waals surface area contributed by atoms with Gasteiger partial charge in [-0.3, -0.25) is 4.79 Å². The summed E-state index contributed by atoms with van der Waals surface area (Å²) in [5.41, 5.74) is 5.30. The third kappa shape index (κ3) is 2.45. The monoisotopic (exact) mass is 200 g/mol. The highest BCUT2D eigenvalue weighted by Gasteiger charge is 2.40. The molecule has 1 atom stereocenters. The number of nitrogens with two attached hydrogens (primary N) is 1. The average molecular weight is 200 g/mol. The van der Waals surface area contributed by atoms with Crippen molar-refractivity contribution in [2.75, 3.05) is 13.7 Å². The number of methoxy groups -OCH3 is 1. The minimum Gasteiger partial charge on any atom is -0.383 e. The molecule has 1 amide bonds. The Morgan fingerprint density at radius 2 is 2.29 bits per heavy atom. The van der Waals surface area contributed by atoms with Crippen LogP contribution in [0.2, 0.25) is 0 Å². The highest BCUT2D eigenvalue weighted by molar-refractivity contribution is 5.87. The van der Waals surface area contributed by atoms with Gasteiger partial charge in [0.2, 0.25) is 5.91 Å². The highest BCUT2D eigenvalue weighted by Crippen LogP contribution is 2.29. The second-order valence-corrected chi connectivity index (χ2v) is 4.04. The van der Waals surface area contributed by atoms with Crippen molar-refractivity contribution in [3.8, 4) is 0 Å². The molecular weight excluding hydrogens is 180 g/mol. The molecule has 14 heavy (non-hydrogen) atoms. The van der Waals surface area contributed by atoms with Crippen molar-refractivity contribution in [3.63, 3.8) is 0 Å². The Hall–Kier alpha value is -0.610. The third-order valence-corrected chi connectivity index (χ3v) is 2.89. The lowest BCUT2D eigenvalue weighted by Crippen LogP contribution is -2.60. The fourth-order valence-corrected chi connectivity index (χ4v) is 1.58. The summed E-state index contributed by atoms with van der Waals surface area (Å²) in [5.74, 6) is -0.0207. The Morgan fingerprint density at radius 3 is 2.64 bits per heavy atom. The molecular formula is C10H20N2O2. The molecule has 1 unspecified atom stereocenters. The van der Waals surface area contributed by atoms with Gasteiger partial charge in [-0.1, -0.05) is 6.92 Å². The molecule has 0 heterocycles. The predicted octanol–water partition coefficient (Wildman–Crippen LogP) is 0.409. The summed E-state index contributed by atoms with van der Waals surface area (Å²) in [7, 11) is 1.64. The van der Waals surface area contributed by atoms with Crippen molar-refractivity contribution >= 4 is 5.91 Å². The molecule has 82 valence electrons. The first-order valence-corrected chi connectivity index (χ1v) is 5.21. The van der Waals surface area contributed by atoms with Crippen molar-refractivity contribution in [2.45, 2.75) is 44.2 Å². The van der Waals surface area contributed by atoms with E-state index in [0.717, 1.165) is 25.7 Å². The first kappa shape index (κ1) is 11.5. The number of carbonyl (C=O) groups is 1. The van der Waals surface area contributed by atoms with E-state index in [4.69, 9.17) is 10.5 Å². The Bertz CT molecular complexity index is 202. The van der Waals surface area contributed by atoms with Crippen molar-refractivity contribution in [3.05, 3.63) is 0 Å². The first-order valence-electron chi connectivity index (χ1n) is 5.21. The second-order valence-electron chi connectivity index (χ2n) is 4.04. The van der Waals surface area contributed by atoms with E-state index in [1.165, 1.54) is 0 Å².